The van der Waals surface area contributed by atoms with Crippen molar-refractivity contribution in [3.8, 4) is 0 Å². The van der Waals surface area contributed by atoms with E-state index in [2.05, 4.69) is 24.1 Å². The number of quaternary nitrogens is 2. The van der Waals surface area contributed by atoms with E-state index in [9.17, 15) is 0 Å². The molecule has 2 aliphatic heterocycles. The molecule has 2 aliphatic rings. The Labute approximate surface area is 89.2 Å². The molecule has 0 saturated heterocycles. The molecular weight excluding hydrogens is 188 g/mol. The van der Waals surface area contributed by atoms with Gasteiger partial charge in [-0.1, -0.05) is 0 Å². The molecule has 0 aromatic carbocycles. The Bertz CT molecular complexity index is 438. The Hall–Kier alpha value is -1.26. The monoisotopic (exact) mass is 202 g/mol. The maximum Gasteiger partial charge on any atom is 0.230 e. The van der Waals surface area contributed by atoms with Crippen LogP contribution in [0, 0.1) is 14.1 Å². The van der Waals surface area contributed by atoms with Crippen molar-refractivity contribution in [3.05, 3.63) is 37.9 Å². The minimum absolute atomic E-state index is 0.951. The highest BCUT2D eigenvalue weighted by molar-refractivity contribution is 5.73. The van der Waals surface area contributed by atoms with Crippen molar-refractivity contribution in [1.82, 2.24) is 9.97 Å². The topological polar surface area (TPSA) is 34.7 Å². The van der Waals surface area contributed by atoms with Gasteiger partial charge in [0.2, 0.25) is 5.82 Å². The number of nitrogens with zero attached hydrogens (tertiary/aromatic N) is 2. The van der Waals surface area contributed by atoms with Gasteiger partial charge in [0.05, 0.1) is 18.3 Å². The van der Waals surface area contributed by atoms with E-state index in [0.717, 1.165) is 35.9 Å². The number of nitrogens with one attached hydrogen (secondary N) is 2. The van der Waals surface area contributed by atoms with Gasteiger partial charge in [-0.25, -0.2) is 9.97 Å². The molecule has 3 rings (SSSR count). The first-order chi connectivity index (χ1) is 7.27. The van der Waals surface area contributed by atoms with Crippen LogP contribution in [0.4, 0.5) is 5.82 Å². The molecule has 2 unspecified atom stereocenters. The van der Waals surface area contributed by atoms with Crippen LogP contribution in [0.2, 0.25) is 0 Å². The first kappa shape index (κ1) is 9.00. The fourth-order valence-electron chi connectivity index (χ4n) is 2.37. The first-order valence-electron chi connectivity index (χ1n) is 5.17. The third kappa shape index (κ3) is 1.22. The molecule has 1 aromatic heterocycles. The lowest BCUT2D eigenvalue weighted by atomic mass is 10.1. The first-order valence-corrected chi connectivity index (χ1v) is 5.17. The summed E-state index contributed by atoms with van der Waals surface area (Å²) >= 11 is 0. The molecule has 1 aromatic rings. The molecule has 0 aliphatic carbocycles. The Balaban J connectivity index is 2.11. The molecule has 4 nitrogen and oxygen atoms in total. The van der Waals surface area contributed by atoms with Crippen molar-refractivity contribution in [2.75, 3.05) is 13.1 Å². The molecule has 2 atom stereocenters. The molecular formula is C11H14N4. The third-order valence-electron chi connectivity index (χ3n) is 3.15. The summed E-state index contributed by atoms with van der Waals surface area (Å²) in [6.07, 6.45) is 4.53. The van der Waals surface area contributed by atoms with E-state index in [1.807, 2.05) is 0 Å². The minimum Gasteiger partial charge on any atom is -0.459 e. The van der Waals surface area contributed by atoms with Crippen molar-refractivity contribution in [3.63, 3.8) is 0 Å². The van der Waals surface area contributed by atoms with Gasteiger partial charge in [-0.2, -0.15) is 7.05 Å². The summed E-state index contributed by atoms with van der Waals surface area (Å²) in [5.41, 5.74) is 3.70. The van der Waals surface area contributed by atoms with Gasteiger partial charge in [-0.15, -0.1) is 7.05 Å². The minimum atomic E-state index is 0.951. The molecule has 4 heteroatoms. The summed E-state index contributed by atoms with van der Waals surface area (Å²) < 4.78 is 0. The van der Waals surface area contributed by atoms with Crippen molar-refractivity contribution in [1.29, 1.82) is 0 Å². The van der Waals surface area contributed by atoms with Crippen LogP contribution in [0.5, 0.6) is 0 Å². The second-order valence-electron chi connectivity index (χ2n) is 4.12. The molecule has 78 valence electrons. The molecule has 0 spiro atoms. The predicted octanol–water partition coefficient (Wildman–Crippen LogP) is -1.41. The van der Waals surface area contributed by atoms with Gasteiger partial charge in [0, 0.05) is 12.6 Å². The fraction of sp³-hybridized carbons (Fsp3) is 0.273. The second-order valence-corrected chi connectivity index (χ2v) is 4.12. The number of aromatic nitrogens is 2. The van der Waals surface area contributed by atoms with Crippen LogP contribution in [0.3, 0.4) is 0 Å². The SMILES string of the molecule is [CH2-][NH+]1CCC2=C(C1)[NH+]([CH2-])c1nccnc12. The quantitative estimate of drug-likeness (QED) is 0.507. The van der Waals surface area contributed by atoms with Crippen LogP contribution >= 0.6 is 0 Å². The van der Waals surface area contributed by atoms with Gasteiger partial charge in [-0.05, 0) is 0 Å². The van der Waals surface area contributed by atoms with E-state index in [0.29, 0.717) is 0 Å². The summed E-state index contributed by atoms with van der Waals surface area (Å²) in [6.45, 7) is 2.02. The molecule has 2 N–H and O–H groups in total. The van der Waals surface area contributed by atoms with Gasteiger partial charge in [0.15, 0.2) is 5.69 Å². The number of fused-ring (bicyclic) bond motifs is 2. The Morgan fingerprint density at radius 1 is 1.20 bits per heavy atom. The molecule has 0 saturated carbocycles. The molecule has 3 heterocycles. The highest BCUT2D eigenvalue weighted by Gasteiger charge is 2.34. The summed E-state index contributed by atoms with van der Waals surface area (Å²) in [6, 6.07) is 0. The fourth-order valence-corrected chi connectivity index (χ4v) is 2.37. The highest BCUT2D eigenvalue weighted by Crippen LogP contribution is 2.27. The lowest BCUT2D eigenvalue weighted by molar-refractivity contribution is -0.872. The molecule has 0 amide bonds. The van der Waals surface area contributed by atoms with Gasteiger partial charge in [-0.3, -0.25) is 0 Å². The van der Waals surface area contributed by atoms with Crippen molar-refractivity contribution in [2.45, 2.75) is 6.42 Å². The zero-order chi connectivity index (χ0) is 10.4. The van der Waals surface area contributed by atoms with Crippen molar-refractivity contribution >= 4 is 11.4 Å². The Kier molecular flexibility index (Phi) is 1.87. The van der Waals surface area contributed by atoms with Crippen LogP contribution < -0.4 is 9.80 Å². The average molecular weight is 202 g/mol. The van der Waals surface area contributed by atoms with Gasteiger partial charge >= 0.3 is 0 Å². The van der Waals surface area contributed by atoms with E-state index < -0.39 is 0 Å². The third-order valence-corrected chi connectivity index (χ3v) is 3.15. The average Bonchev–Trinajstić information content (AvgIpc) is 2.54. The predicted molar refractivity (Wildman–Crippen MR) is 55.6 cm³/mol. The summed E-state index contributed by atoms with van der Waals surface area (Å²) in [5.74, 6) is 0.970. The maximum absolute atomic E-state index is 4.41. The normalized spacial score (nSPS) is 28.9. The highest BCUT2D eigenvalue weighted by atomic mass is 15.2. The number of hydrogen-bond acceptors (Lipinski definition) is 2. The van der Waals surface area contributed by atoms with Crippen LogP contribution in [0.1, 0.15) is 12.1 Å². The largest absolute Gasteiger partial charge is 0.459 e. The van der Waals surface area contributed by atoms with E-state index in [-0.39, 0.29) is 0 Å². The second kappa shape index (κ2) is 3.12. The van der Waals surface area contributed by atoms with E-state index >= 15 is 0 Å². The van der Waals surface area contributed by atoms with E-state index in [1.165, 1.54) is 16.2 Å². The number of rotatable bonds is 0. The molecule has 0 fully saturated rings. The van der Waals surface area contributed by atoms with Crippen LogP contribution in [0.15, 0.2) is 18.1 Å². The molecule has 15 heavy (non-hydrogen) atoms. The summed E-state index contributed by atoms with van der Waals surface area (Å²) in [5, 5.41) is 0. The Morgan fingerprint density at radius 3 is 2.87 bits per heavy atom. The van der Waals surface area contributed by atoms with Crippen LogP contribution in [-0.2, 0) is 0 Å². The van der Waals surface area contributed by atoms with Crippen LogP contribution in [-0.4, -0.2) is 23.1 Å². The zero-order valence-electron chi connectivity index (χ0n) is 8.58. The summed E-state index contributed by atoms with van der Waals surface area (Å²) in [4.78, 5) is 11.1. The lowest BCUT2D eigenvalue weighted by Crippen LogP contribution is -3.13. The summed E-state index contributed by atoms with van der Waals surface area (Å²) in [7, 11) is 8.17. The van der Waals surface area contributed by atoms with E-state index in [1.54, 1.807) is 12.4 Å². The smallest absolute Gasteiger partial charge is 0.230 e. The van der Waals surface area contributed by atoms with Crippen LogP contribution in [0.25, 0.3) is 5.57 Å². The van der Waals surface area contributed by atoms with Crippen molar-refractivity contribution in [2.24, 2.45) is 0 Å². The maximum atomic E-state index is 4.41. The van der Waals surface area contributed by atoms with Crippen molar-refractivity contribution < 1.29 is 9.80 Å². The number of hydrogen-bond donors (Lipinski definition) is 2. The lowest BCUT2D eigenvalue weighted by Gasteiger charge is -2.28. The molecule has 0 radical (unpaired) electrons. The van der Waals surface area contributed by atoms with E-state index in [4.69, 9.17) is 0 Å². The van der Waals surface area contributed by atoms with Gasteiger partial charge in [0.1, 0.15) is 12.2 Å². The van der Waals surface area contributed by atoms with Gasteiger partial charge < -0.3 is 9.80 Å². The standard InChI is InChI=1S/C11H14N4/c1-14-6-3-8-9(7-14)15(2)11-10(8)12-4-5-13-11/h4-5,14-15H,1-3,6-7H2. The zero-order valence-corrected chi connectivity index (χ0v) is 8.58. The molecule has 0 bridgehead atoms. The van der Waals surface area contributed by atoms with Gasteiger partial charge in [0.25, 0.3) is 0 Å². The Morgan fingerprint density at radius 2 is 2.00 bits per heavy atom.